The summed E-state index contributed by atoms with van der Waals surface area (Å²) in [6, 6.07) is 6.50. The maximum atomic E-state index is 11.5. The summed E-state index contributed by atoms with van der Waals surface area (Å²) < 4.78 is 9.60. The molecule has 0 aliphatic heterocycles. The van der Waals surface area contributed by atoms with Crippen molar-refractivity contribution in [1.82, 2.24) is 0 Å². The van der Waals surface area contributed by atoms with Gasteiger partial charge in [-0.2, -0.15) is 0 Å². The van der Waals surface area contributed by atoms with Crippen LogP contribution in [0.3, 0.4) is 0 Å². The molecule has 4 N–H and O–H groups in total. The molecule has 0 aromatic heterocycles. The van der Waals surface area contributed by atoms with E-state index in [0.29, 0.717) is 18.5 Å². The van der Waals surface area contributed by atoms with Crippen LogP contribution in [0.2, 0.25) is 0 Å². The summed E-state index contributed by atoms with van der Waals surface area (Å²) in [7, 11) is 1.28. The van der Waals surface area contributed by atoms with E-state index in [-0.39, 0.29) is 19.0 Å². The van der Waals surface area contributed by atoms with Crippen LogP contribution in [0.1, 0.15) is 24.8 Å². The second-order valence-electron chi connectivity index (χ2n) is 4.38. The molecule has 1 rings (SSSR count). The number of hydrogen-bond acceptors (Lipinski definition) is 6. The van der Waals surface area contributed by atoms with Crippen LogP contribution in [0, 0.1) is 0 Å². The molecule has 0 amide bonds. The number of carbonyl (C=O) groups excluding carboxylic acids is 2. The first-order chi connectivity index (χ1) is 9.54. The summed E-state index contributed by atoms with van der Waals surface area (Å²) in [5, 5.41) is 0. The van der Waals surface area contributed by atoms with Crippen molar-refractivity contribution in [2.75, 3.05) is 12.8 Å². The Labute approximate surface area is 118 Å². The minimum Gasteiger partial charge on any atom is -0.468 e. The molecular formula is C14H20N2O4. The van der Waals surface area contributed by atoms with E-state index in [0.717, 1.165) is 5.56 Å². The maximum absolute atomic E-state index is 11.5. The third-order valence-electron chi connectivity index (χ3n) is 2.84. The second-order valence-corrected chi connectivity index (χ2v) is 4.38. The van der Waals surface area contributed by atoms with Gasteiger partial charge in [-0.15, -0.1) is 0 Å². The number of hydrogen-bond donors (Lipinski definition) is 2. The van der Waals surface area contributed by atoms with E-state index < -0.39 is 12.0 Å². The van der Waals surface area contributed by atoms with Gasteiger partial charge in [-0.3, -0.25) is 9.59 Å². The summed E-state index contributed by atoms with van der Waals surface area (Å²) in [5.74, 6) is -0.819. The number of nitrogens with two attached hydrogens (primary N) is 2. The van der Waals surface area contributed by atoms with Gasteiger partial charge in [0.1, 0.15) is 12.6 Å². The molecule has 0 heterocycles. The highest BCUT2D eigenvalue weighted by Crippen LogP contribution is 2.12. The van der Waals surface area contributed by atoms with E-state index in [9.17, 15) is 9.59 Å². The zero-order valence-corrected chi connectivity index (χ0v) is 11.5. The first-order valence-corrected chi connectivity index (χ1v) is 6.37. The van der Waals surface area contributed by atoms with Crippen molar-refractivity contribution in [2.24, 2.45) is 5.73 Å². The molecule has 1 atom stereocenters. The molecule has 1 aromatic carbocycles. The molecule has 0 aliphatic carbocycles. The van der Waals surface area contributed by atoms with Gasteiger partial charge in [0.25, 0.3) is 0 Å². The van der Waals surface area contributed by atoms with Gasteiger partial charge in [-0.05, 0) is 18.9 Å². The Kier molecular flexibility index (Phi) is 6.52. The first kappa shape index (κ1) is 16.0. The van der Waals surface area contributed by atoms with Crippen LogP contribution in [0.4, 0.5) is 5.69 Å². The Hall–Kier alpha value is -2.08. The SMILES string of the molecule is COC(=O)C(N)CCCC(=O)OCc1ccccc1N. The average molecular weight is 280 g/mol. The van der Waals surface area contributed by atoms with Crippen LogP contribution in [-0.2, 0) is 25.7 Å². The van der Waals surface area contributed by atoms with Crippen molar-refractivity contribution in [1.29, 1.82) is 0 Å². The van der Waals surface area contributed by atoms with Crippen LogP contribution in [0.25, 0.3) is 0 Å². The van der Waals surface area contributed by atoms with Gasteiger partial charge in [-0.1, -0.05) is 18.2 Å². The molecule has 1 unspecified atom stereocenters. The van der Waals surface area contributed by atoms with Crippen molar-refractivity contribution >= 4 is 17.6 Å². The lowest BCUT2D eigenvalue weighted by atomic mass is 10.1. The van der Waals surface area contributed by atoms with E-state index in [1.807, 2.05) is 12.1 Å². The topological polar surface area (TPSA) is 105 Å². The van der Waals surface area contributed by atoms with Crippen LogP contribution in [0.15, 0.2) is 24.3 Å². The maximum Gasteiger partial charge on any atom is 0.322 e. The third-order valence-corrected chi connectivity index (χ3v) is 2.84. The van der Waals surface area contributed by atoms with Crippen LogP contribution >= 0.6 is 0 Å². The molecule has 6 nitrogen and oxygen atoms in total. The number of benzene rings is 1. The van der Waals surface area contributed by atoms with E-state index in [1.54, 1.807) is 12.1 Å². The van der Waals surface area contributed by atoms with Crippen molar-refractivity contribution in [3.05, 3.63) is 29.8 Å². The summed E-state index contributed by atoms with van der Waals surface area (Å²) in [4.78, 5) is 22.6. The minimum absolute atomic E-state index is 0.147. The van der Waals surface area contributed by atoms with Crippen molar-refractivity contribution in [2.45, 2.75) is 31.9 Å². The number of anilines is 1. The summed E-state index contributed by atoms with van der Waals surface area (Å²) in [6.07, 6.45) is 1.06. The lowest BCUT2D eigenvalue weighted by Crippen LogP contribution is -2.31. The zero-order valence-electron chi connectivity index (χ0n) is 11.5. The Morgan fingerprint density at radius 1 is 1.30 bits per heavy atom. The van der Waals surface area contributed by atoms with Crippen LogP contribution in [-0.4, -0.2) is 25.1 Å². The largest absolute Gasteiger partial charge is 0.468 e. The number of para-hydroxylation sites is 1. The van der Waals surface area contributed by atoms with Gasteiger partial charge in [-0.25, -0.2) is 0 Å². The van der Waals surface area contributed by atoms with Crippen molar-refractivity contribution in [3.8, 4) is 0 Å². The van der Waals surface area contributed by atoms with Crippen LogP contribution < -0.4 is 11.5 Å². The highest BCUT2D eigenvalue weighted by molar-refractivity contribution is 5.75. The number of rotatable bonds is 7. The molecule has 20 heavy (non-hydrogen) atoms. The number of methoxy groups -OCH3 is 1. The number of carbonyl (C=O) groups is 2. The Balaban J connectivity index is 2.24. The van der Waals surface area contributed by atoms with Gasteiger partial charge in [0.05, 0.1) is 7.11 Å². The van der Waals surface area contributed by atoms with Gasteiger partial charge in [0.15, 0.2) is 0 Å². The fourth-order valence-corrected chi connectivity index (χ4v) is 1.63. The fraction of sp³-hybridized carbons (Fsp3) is 0.429. The Morgan fingerprint density at radius 3 is 2.65 bits per heavy atom. The number of esters is 2. The lowest BCUT2D eigenvalue weighted by Gasteiger charge is -2.09. The summed E-state index contributed by atoms with van der Waals surface area (Å²) in [5.41, 5.74) is 12.7. The summed E-state index contributed by atoms with van der Waals surface area (Å²) in [6.45, 7) is 0.147. The van der Waals surface area contributed by atoms with E-state index in [1.165, 1.54) is 7.11 Å². The van der Waals surface area contributed by atoms with Crippen molar-refractivity contribution < 1.29 is 19.1 Å². The van der Waals surface area contributed by atoms with Crippen molar-refractivity contribution in [3.63, 3.8) is 0 Å². The average Bonchev–Trinajstić information content (AvgIpc) is 2.45. The highest BCUT2D eigenvalue weighted by Gasteiger charge is 2.14. The molecule has 0 fully saturated rings. The van der Waals surface area contributed by atoms with E-state index in [2.05, 4.69) is 4.74 Å². The molecule has 0 bridgehead atoms. The normalized spacial score (nSPS) is 11.7. The number of nitrogen functional groups attached to an aromatic ring is 1. The van der Waals surface area contributed by atoms with E-state index >= 15 is 0 Å². The van der Waals surface area contributed by atoms with Gasteiger partial charge in [0.2, 0.25) is 0 Å². The molecular weight excluding hydrogens is 260 g/mol. The molecule has 0 saturated carbocycles. The Bertz CT molecular complexity index is 462. The van der Waals surface area contributed by atoms with Crippen LogP contribution in [0.5, 0.6) is 0 Å². The smallest absolute Gasteiger partial charge is 0.322 e. The quantitative estimate of drug-likeness (QED) is 0.570. The van der Waals surface area contributed by atoms with Gasteiger partial charge >= 0.3 is 11.9 Å². The molecule has 0 saturated heterocycles. The highest BCUT2D eigenvalue weighted by atomic mass is 16.5. The predicted octanol–water partition coefficient (Wildman–Crippen LogP) is 0.983. The lowest BCUT2D eigenvalue weighted by molar-refractivity contribution is -0.146. The zero-order chi connectivity index (χ0) is 15.0. The first-order valence-electron chi connectivity index (χ1n) is 6.37. The summed E-state index contributed by atoms with van der Waals surface area (Å²) >= 11 is 0. The predicted molar refractivity (Wildman–Crippen MR) is 74.5 cm³/mol. The molecule has 0 spiro atoms. The van der Waals surface area contributed by atoms with Gasteiger partial charge in [0, 0.05) is 17.7 Å². The number of ether oxygens (including phenoxy) is 2. The molecule has 0 aliphatic rings. The monoisotopic (exact) mass is 280 g/mol. The van der Waals surface area contributed by atoms with E-state index in [4.69, 9.17) is 16.2 Å². The third kappa shape index (κ3) is 5.27. The Morgan fingerprint density at radius 2 is 2.00 bits per heavy atom. The van der Waals surface area contributed by atoms with Gasteiger partial charge < -0.3 is 20.9 Å². The second kappa shape index (κ2) is 8.16. The fourth-order valence-electron chi connectivity index (χ4n) is 1.63. The minimum atomic E-state index is -0.697. The molecule has 6 heteroatoms. The molecule has 110 valence electrons. The molecule has 0 radical (unpaired) electrons. The standard InChI is InChI=1S/C14H20N2O4/c1-19-14(18)12(16)7-4-8-13(17)20-9-10-5-2-3-6-11(10)15/h2-3,5-6,12H,4,7-9,15-16H2,1H3. The molecule has 1 aromatic rings.